The maximum absolute atomic E-state index is 10.9. The average Bonchev–Trinajstić information content (AvgIpc) is 2.34. The van der Waals surface area contributed by atoms with E-state index in [0.29, 0.717) is 0 Å². The Kier molecular flexibility index (Phi) is 4.73. The molecule has 1 amide bonds. The number of ether oxygens (including phenoxy) is 1. The second-order valence-electron chi connectivity index (χ2n) is 3.22. The van der Waals surface area contributed by atoms with Crippen LogP contribution in [0, 0.1) is 10.1 Å². The van der Waals surface area contributed by atoms with E-state index in [9.17, 15) is 20.0 Å². The van der Waals surface area contributed by atoms with Gasteiger partial charge in [0.1, 0.15) is 6.09 Å². The number of hydrogen-bond donors (Lipinski definition) is 0. The number of carbonyl (C=O) groups excluding carboxylic acids is 1. The Balaban J connectivity index is 3.20. The van der Waals surface area contributed by atoms with Crippen molar-refractivity contribution in [2.45, 2.75) is 0 Å². The molecule has 18 heavy (non-hydrogen) atoms. The van der Waals surface area contributed by atoms with Crippen LogP contribution in [0.1, 0.15) is 0 Å². The number of carbonyl (C=O) groups is 1. The highest BCUT2D eigenvalue weighted by Crippen LogP contribution is 2.31. The van der Waals surface area contributed by atoms with E-state index in [1.807, 2.05) is 0 Å². The van der Waals surface area contributed by atoms with Gasteiger partial charge in [0.25, 0.3) is 0 Å². The van der Waals surface area contributed by atoms with E-state index < -0.39 is 11.0 Å². The molecule has 0 radical (unpaired) electrons. The zero-order chi connectivity index (χ0) is 13.7. The molecular weight excluding hydrogens is 264 g/mol. The molecule has 1 rings (SSSR count). The fraction of sp³-hybridized carbons (Fsp3) is 0.300. The van der Waals surface area contributed by atoms with E-state index in [2.05, 4.69) is 0 Å². The largest absolute Gasteiger partial charge is 0.530 e. The highest BCUT2D eigenvalue weighted by molar-refractivity contribution is 6.18. The van der Waals surface area contributed by atoms with Gasteiger partial charge in [-0.25, -0.2) is 0 Å². The predicted octanol–water partition coefficient (Wildman–Crippen LogP) is 0.992. The van der Waals surface area contributed by atoms with Gasteiger partial charge in [0, 0.05) is 24.2 Å². The summed E-state index contributed by atoms with van der Waals surface area (Å²) in [4.78, 5) is 21.8. The molecule has 1 aromatic carbocycles. The summed E-state index contributed by atoms with van der Waals surface area (Å²) in [6, 6.07) is 3.80. The summed E-state index contributed by atoms with van der Waals surface area (Å²) in [7, 11) is 1.29. The molecule has 0 aliphatic heterocycles. The number of rotatable bonds is 5. The third-order valence-corrected chi connectivity index (χ3v) is 2.37. The highest BCUT2D eigenvalue weighted by atomic mass is 35.5. The fourth-order valence-electron chi connectivity index (χ4n) is 1.40. The smallest absolute Gasteiger partial charge is 0.312 e. The van der Waals surface area contributed by atoms with Crippen LogP contribution in [0.3, 0.4) is 0 Å². The van der Waals surface area contributed by atoms with Gasteiger partial charge < -0.3 is 19.5 Å². The number of nitro benzene ring substituents is 1. The Bertz CT molecular complexity index is 466. The third-order valence-electron chi connectivity index (χ3n) is 2.20. The minimum absolute atomic E-state index is 0.0205. The van der Waals surface area contributed by atoms with Gasteiger partial charge in [-0.15, -0.1) is 11.6 Å². The minimum Gasteiger partial charge on any atom is -0.530 e. The van der Waals surface area contributed by atoms with Crippen molar-refractivity contribution in [1.82, 2.24) is 0 Å². The Morgan fingerprint density at radius 3 is 2.67 bits per heavy atom. The summed E-state index contributed by atoms with van der Waals surface area (Å²) in [5.74, 6) is 0.0984. The Morgan fingerprint density at radius 1 is 1.56 bits per heavy atom. The summed E-state index contributed by atoms with van der Waals surface area (Å²) in [5, 5.41) is 21.7. The number of alkyl halides is 1. The molecule has 0 aromatic heterocycles. The quantitative estimate of drug-likeness (QED) is 0.453. The summed E-state index contributed by atoms with van der Waals surface area (Å²) >= 11 is 5.46. The van der Waals surface area contributed by atoms with Gasteiger partial charge in [0.05, 0.1) is 12.0 Å². The lowest BCUT2D eigenvalue weighted by Gasteiger charge is -2.24. The molecule has 0 aliphatic carbocycles. The number of nitrogens with zero attached hydrogens (tertiary/aromatic N) is 2. The predicted molar refractivity (Wildman–Crippen MR) is 63.1 cm³/mol. The Morgan fingerprint density at radius 2 is 2.22 bits per heavy atom. The lowest BCUT2D eigenvalue weighted by atomic mass is 10.2. The van der Waals surface area contributed by atoms with Crippen molar-refractivity contribution >= 4 is 29.1 Å². The number of hydrogen-bond acceptors (Lipinski definition) is 5. The lowest BCUT2D eigenvalue weighted by Crippen LogP contribution is -2.42. The second kappa shape index (κ2) is 6.06. The summed E-state index contributed by atoms with van der Waals surface area (Å²) in [6.45, 7) is -0.0205. The number of anilines is 1. The van der Waals surface area contributed by atoms with Crippen molar-refractivity contribution in [3.8, 4) is 5.75 Å². The second-order valence-corrected chi connectivity index (χ2v) is 3.60. The van der Waals surface area contributed by atoms with Crippen molar-refractivity contribution in [2.75, 3.05) is 24.4 Å². The van der Waals surface area contributed by atoms with Crippen LogP contribution in [0.25, 0.3) is 0 Å². The van der Waals surface area contributed by atoms with Crippen LogP contribution in [-0.4, -0.2) is 30.6 Å². The molecule has 1 aromatic rings. The molecular formula is C10H10ClN2O5-. The van der Waals surface area contributed by atoms with E-state index in [1.165, 1.54) is 19.2 Å². The highest BCUT2D eigenvalue weighted by Gasteiger charge is 2.18. The SMILES string of the molecule is COc1ccc(N(CCCl)C(=O)[O-])cc1[N+](=O)[O-]. The molecule has 0 fully saturated rings. The molecule has 0 aliphatic rings. The Labute approximate surface area is 108 Å². The van der Waals surface area contributed by atoms with Gasteiger partial charge in [-0.1, -0.05) is 0 Å². The summed E-state index contributed by atoms with van der Waals surface area (Å²) < 4.78 is 4.81. The van der Waals surface area contributed by atoms with E-state index in [1.54, 1.807) is 0 Å². The first-order valence-electron chi connectivity index (χ1n) is 4.88. The van der Waals surface area contributed by atoms with Crippen molar-refractivity contribution < 1.29 is 19.6 Å². The monoisotopic (exact) mass is 273 g/mol. The Hall–Kier alpha value is -2.02. The molecule has 8 heteroatoms. The molecule has 0 N–H and O–H groups in total. The molecule has 0 unspecified atom stereocenters. The van der Waals surface area contributed by atoms with Gasteiger partial charge in [-0.2, -0.15) is 0 Å². The fourth-order valence-corrected chi connectivity index (χ4v) is 1.57. The van der Waals surface area contributed by atoms with E-state index in [0.717, 1.165) is 11.0 Å². The first kappa shape index (κ1) is 14.0. The normalized spacial score (nSPS) is 9.89. The van der Waals surface area contributed by atoms with Crippen LogP contribution in [-0.2, 0) is 0 Å². The van der Waals surface area contributed by atoms with Gasteiger partial charge >= 0.3 is 5.69 Å². The van der Waals surface area contributed by atoms with E-state index in [-0.39, 0.29) is 29.5 Å². The number of carboxylic acid groups (broad SMARTS) is 1. The molecule has 0 bridgehead atoms. The number of halogens is 1. The summed E-state index contributed by atoms with van der Waals surface area (Å²) in [6.07, 6.45) is -1.48. The van der Waals surface area contributed by atoms with Gasteiger partial charge in [0.15, 0.2) is 5.75 Å². The van der Waals surface area contributed by atoms with Crippen LogP contribution < -0.4 is 14.7 Å². The minimum atomic E-state index is -1.48. The van der Waals surface area contributed by atoms with E-state index >= 15 is 0 Å². The lowest BCUT2D eigenvalue weighted by molar-refractivity contribution is -0.385. The first-order chi connectivity index (χ1) is 8.51. The zero-order valence-corrected chi connectivity index (χ0v) is 10.2. The van der Waals surface area contributed by atoms with Gasteiger partial charge in [-0.05, 0) is 12.1 Å². The van der Waals surface area contributed by atoms with Crippen molar-refractivity contribution in [3.05, 3.63) is 28.3 Å². The van der Waals surface area contributed by atoms with Crippen molar-refractivity contribution in [2.24, 2.45) is 0 Å². The molecule has 98 valence electrons. The maximum atomic E-state index is 10.9. The van der Waals surface area contributed by atoms with Crippen molar-refractivity contribution in [1.29, 1.82) is 0 Å². The number of amides is 1. The van der Waals surface area contributed by atoms with Gasteiger partial charge in [0.2, 0.25) is 0 Å². The molecule has 0 saturated heterocycles. The molecule has 0 atom stereocenters. The van der Waals surface area contributed by atoms with Crippen molar-refractivity contribution in [3.63, 3.8) is 0 Å². The van der Waals surface area contributed by atoms with Crippen LogP contribution in [0.5, 0.6) is 5.75 Å². The van der Waals surface area contributed by atoms with Crippen LogP contribution in [0.15, 0.2) is 18.2 Å². The van der Waals surface area contributed by atoms with Gasteiger partial charge in [-0.3, -0.25) is 10.1 Å². The van der Waals surface area contributed by atoms with Crippen LogP contribution >= 0.6 is 11.6 Å². The van der Waals surface area contributed by atoms with E-state index in [4.69, 9.17) is 16.3 Å². The van der Waals surface area contributed by atoms with Crippen LogP contribution in [0.4, 0.5) is 16.2 Å². The topological polar surface area (TPSA) is 95.7 Å². The number of nitro groups is 1. The summed E-state index contributed by atoms with van der Waals surface area (Å²) in [5.41, 5.74) is -0.209. The number of methoxy groups -OCH3 is 1. The standard InChI is InChI=1S/C10H11ClN2O5/c1-18-9-3-2-7(6-8(9)13(16)17)12(5-4-11)10(14)15/h2-3,6H,4-5H2,1H3,(H,14,15)/p-1. The molecule has 0 heterocycles. The average molecular weight is 274 g/mol. The zero-order valence-electron chi connectivity index (χ0n) is 9.46. The molecule has 7 nitrogen and oxygen atoms in total. The number of benzene rings is 1. The maximum Gasteiger partial charge on any atom is 0.312 e. The van der Waals surface area contributed by atoms with Crippen LogP contribution in [0.2, 0.25) is 0 Å². The first-order valence-corrected chi connectivity index (χ1v) is 5.41. The third kappa shape index (κ3) is 3.01. The molecule has 0 spiro atoms. The molecule has 0 saturated carbocycles.